The number of anilines is 1. The molecule has 0 spiro atoms. The maximum atomic E-state index is 12.4. The first kappa shape index (κ1) is 17.1. The highest BCUT2D eigenvalue weighted by Gasteiger charge is 2.20. The van der Waals surface area contributed by atoms with Crippen molar-refractivity contribution in [2.45, 2.75) is 26.9 Å². The van der Waals surface area contributed by atoms with Crippen LogP contribution in [0.1, 0.15) is 38.4 Å². The van der Waals surface area contributed by atoms with Crippen molar-refractivity contribution in [3.8, 4) is 0 Å². The average molecular weight is 359 g/mol. The van der Waals surface area contributed by atoms with Crippen molar-refractivity contribution in [2.75, 3.05) is 4.90 Å². The summed E-state index contributed by atoms with van der Waals surface area (Å²) in [6, 6.07) is 15.7. The number of amides is 1. The van der Waals surface area contributed by atoms with E-state index in [1.54, 1.807) is 24.5 Å². The average Bonchev–Trinajstić information content (AvgIpc) is 3.32. The SMILES string of the molecule is Cc1cc2c(cc1C)CN(c1cccc(C(=O)NN=Cc3ccco3)c1)C2. The number of aryl methyl sites for hydroxylation is 2. The third-order valence-electron chi connectivity index (χ3n) is 4.91. The number of nitrogens with zero attached hydrogens (tertiary/aromatic N) is 2. The minimum Gasteiger partial charge on any atom is -0.463 e. The Morgan fingerprint density at radius 2 is 1.81 bits per heavy atom. The van der Waals surface area contributed by atoms with Gasteiger partial charge >= 0.3 is 0 Å². The lowest BCUT2D eigenvalue weighted by molar-refractivity contribution is 0.0955. The molecule has 0 bridgehead atoms. The summed E-state index contributed by atoms with van der Waals surface area (Å²) in [5, 5.41) is 3.94. The fourth-order valence-corrected chi connectivity index (χ4v) is 3.31. The Morgan fingerprint density at radius 1 is 1.07 bits per heavy atom. The second-order valence-corrected chi connectivity index (χ2v) is 6.83. The normalized spacial score (nSPS) is 13.2. The van der Waals surface area contributed by atoms with Crippen molar-refractivity contribution in [1.82, 2.24) is 5.43 Å². The number of rotatable bonds is 4. The fraction of sp³-hybridized carbons (Fsp3) is 0.182. The van der Waals surface area contributed by atoms with Crippen LogP contribution < -0.4 is 10.3 Å². The van der Waals surface area contributed by atoms with Gasteiger partial charge in [-0.2, -0.15) is 5.10 Å². The smallest absolute Gasteiger partial charge is 0.271 e. The minimum atomic E-state index is -0.247. The van der Waals surface area contributed by atoms with Gasteiger partial charge in [-0.3, -0.25) is 4.79 Å². The van der Waals surface area contributed by atoms with Crippen LogP contribution in [0.5, 0.6) is 0 Å². The van der Waals surface area contributed by atoms with Gasteiger partial charge in [-0.05, 0) is 66.4 Å². The summed E-state index contributed by atoms with van der Waals surface area (Å²) in [6.45, 7) is 6.01. The first-order valence-electron chi connectivity index (χ1n) is 8.91. The van der Waals surface area contributed by atoms with Crippen molar-refractivity contribution in [3.05, 3.63) is 88.4 Å². The van der Waals surface area contributed by atoms with Gasteiger partial charge in [-0.15, -0.1) is 0 Å². The molecule has 0 aliphatic carbocycles. The van der Waals surface area contributed by atoms with Gasteiger partial charge in [0.25, 0.3) is 5.91 Å². The van der Waals surface area contributed by atoms with Crippen LogP contribution in [0.3, 0.4) is 0 Å². The van der Waals surface area contributed by atoms with Crippen LogP contribution in [0, 0.1) is 13.8 Å². The van der Waals surface area contributed by atoms with E-state index >= 15 is 0 Å². The van der Waals surface area contributed by atoms with E-state index in [-0.39, 0.29) is 5.91 Å². The van der Waals surface area contributed by atoms with Crippen LogP contribution in [0.15, 0.2) is 64.3 Å². The number of hydrogen-bond acceptors (Lipinski definition) is 4. The highest BCUT2D eigenvalue weighted by Crippen LogP contribution is 2.30. The Balaban J connectivity index is 1.47. The van der Waals surface area contributed by atoms with Gasteiger partial charge < -0.3 is 9.32 Å². The standard InChI is InChI=1S/C22H21N3O2/c1-15-9-18-13-25(14-19(18)10-16(15)2)20-6-3-5-17(11-20)22(26)24-23-12-21-7-4-8-27-21/h3-12H,13-14H2,1-2H3,(H,24,26). The summed E-state index contributed by atoms with van der Waals surface area (Å²) < 4.78 is 5.15. The van der Waals surface area contributed by atoms with Gasteiger partial charge in [-0.1, -0.05) is 18.2 Å². The number of nitrogens with one attached hydrogen (secondary N) is 1. The molecule has 0 fully saturated rings. The molecule has 0 saturated heterocycles. The molecule has 136 valence electrons. The first-order chi connectivity index (χ1) is 13.1. The largest absolute Gasteiger partial charge is 0.463 e. The Labute approximate surface area is 158 Å². The number of carbonyl (C=O) groups is 1. The molecule has 0 radical (unpaired) electrons. The molecule has 5 heteroatoms. The molecule has 4 rings (SSSR count). The van der Waals surface area contributed by atoms with E-state index in [0.29, 0.717) is 11.3 Å². The van der Waals surface area contributed by atoms with Gasteiger partial charge in [0, 0.05) is 24.3 Å². The molecule has 0 saturated carbocycles. The monoisotopic (exact) mass is 359 g/mol. The Hall–Kier alpha value is -3.34. The van der Waals surface area contributed by atoms with E-state index < -0.39 is 0 Å². The molecule has 5 nitrogen and oxygen atoms in total. The highest BCUT2D eigenvalue weighted by atomic mass is 16.3. The lowest BCUT2D eigenvalue weighted by atomic mass is 10.0. The van der Waals surface area contributed by atoms with Crippen LogP contribution in [0.4, 0.5) is 5.69 Å². The van der Waals surface area contributed by atoms with E-state index in [1.807, 2.05) is 18.2 Å². The minimum absolute atomic E-state index is 0.247. The van der Waals surface area contributed by atoms with E-state index in [2.05, 4.69) is 41.4 Å². The number of furan rings is 1. The zero-order chi connectivity index (χ0) is 18.8. The molecule has 1 amide bonds. The Morgan fingerprint density at radius 3 is 2.48 bits per heavy atom. The molecule has 0 atom stereocenters. The number of fused-ring (bicyclic) bond motifs is 1. The number of benzene rings is 2. The molecule has 27 heavy (non-hydrogen) atoms. The Bertz CT molecular complexity index is 975. The van der Waals surface area contributed by atoms with E-state index in [0.717, 1.165) is 18.8 Å². The maximum Gasteiger partial charge on any atom is 0.271 e. The summed E-state index contributed by atoms with van der Waals surface area (Å²) in [5.41, 5.74) is 9.50. The van der Waals surface area contributed by atoms with Crippen LogP contribution in [-0.2, 0) is 13.1 Å². The van der Waals surface area contributed by atoms with Crippen molar-refractivity contribution in [3.63, 3.8) is 0 Å². The van der Waals surface area contributed by atoms with E-state index in [1.165, 1.54) is 28.5 Å². The molecule has 1 aromatic heterocycles. The lowest BCUT2D eigenvalue weighted by Crippen LogP contribution is -2.19. The second kappa shape index (κ2) is 7.11. The predicted octanol–water partition coefficient (Wildman–Crippen LogP) is 4.18. The van der Waals surface area contributed by atoms with E-state index in [9.17, 15) is 4.79 Å². The van der Waals surface area contributed by atoms with E-state index in [4.69, 9.17) is 4.42 Å². The summed E-state index contributed by atoms with van der Waals surface area (Å²) >= 11 is 0. The summed E-state index contributed by atoms with van der Waals surface area (Å²) in [4.78, 5) is 14.7. The van der Waals surface area contributed by atoms with Crippen LogP contribution >= 0.6 is 0 Å². The zero-order valence-electron chi connectivity index (χ0n) is 15.4. The molecular weight excluding hydrogens is 338 g/mol. The van der Waals surface area contributed by atoms with Gasteiger partial charge in [0.1, 0.15) is 5.76 Å². The van der Waals surface area contributed by atoms with Crippen LogP contribution in [-0.4, -0.2) is 12.1 Å². The molecule has 2 heterocycles. The lowest BCUT2D eigenvalue weighted by Gasteiger charge is -2.18. The Kier molecular flexibility index (Phi) is 4.50. The van der Waals surface area contributed by atoms with Crippen molar-refractivity contribution >= 4 is 17.8 Å². The maximum absolute atomic E-state index is 12.4. The predicted molar refractivity (Wildman–Crippen MR) is 106 cm³/mol. The third-order valence-corrected chi connectivity index (χ3v) is 4.91. The first-order valence-corrected chi connectivity index (χ1v) is 8.91. The molecule has 3 aromatic rings. The van der Waals surface area contributed by atoms with Gasteiger partial charge in [-0.25, -0.2) is 5.43 Å². The topological polar surface area (TPSA) is 57.8 Å². The molecule has 0 unspecified atom stereocenters. The van der Waals surface area contributed by atoms with Gasteiger partial charge in [0.05, 0.1) is 12.5 Å². The number of carbonyl (C=O) groups excluding carboxylic acids is 1. The molecule has 2 aromatic carbocycles. The molecule has 1 N–H and O–H groups in total. The van der Waals surface area contributed by atoms with Crippen molar-refractivity contribution in [2.24, 2.45) is 5.10 Å². The highest BCUT2D eigenvalue weighted by molar-refractivity contribution is 5.95. The van der Waals surface area contributed by atoms with Gasteiger partial charge in [0.15, 0.2) is 0 Å². The molecular formula is C22H21N3O2. The third kappa shape index (κ3) is 3.62. The second-order valence-electron chi connectivity index (χ2n) is 6.83. The van der Waals surface area contributed by atoms with Crippen molar-refractivity contribution in [1.29, 1.82) is 0 Å². The molecule has 1 aliphatic rings. The number of hydrogen-bond donors (Lipinski definition) is 1. The quantitative estimate of drug-likeness (QED) is 0.561. The summed E-state index contributed by atoms with van der Waals surface area (Å²) in [6.07, 6.45) is 3.03. The summed E-state index contributed by atoms with van der Waals surface area (Å²) in [7, 11) is 0. The van der Waals surface area contributed by atoms with Gasteiger partial charge in [0.2, 0.25) is 0 Å². The van der Waals surface area contributed by atoms with Crippen molar-refractivity contribution < 1.29 is 9.21 Å². The summed E-state index contributed by atoms with van der Waals surface area (Å²) in [5.74, 6) is 0.340. The number of hydrazone groups is 1. The van der Waals surface area contributed by atoms with Crippen LogP contribution in [0.25, 0.3) is 0 Å². The molecule has 1 aliphatic heterocycles. The zero-order valence-corrected chi connectivity index (χ0v) is 15.4. The van der Waals surface area contributed by atoms with Crippen LogP contribution in [0.2, 0.25) is 0 Å². The fourth-order valence-electron chi connectivity index (χ4n) is 3.31.